The van der Waals surface area contributed by atoms with E-state index in [4.69, 9.17) is 4.74 Å². The van der Waals surface area contributed by atoms with Crippen LogP contribution in [0.4, 0.5) is 9.18 Å². The number of nitrogens with zero attached hydrogens (tertiary/aromatic N) is 5. The topological polar surface area (TPSA) is 84.0 Å². The Labute approximate surface area is 151 Å². The number of likely N-dealkylation sites (tertiary alicyclic amines) is 1. The van der Waals surface area contributed by atoms with Gasteiger partial charge in [0.1, 0.15) is 34.1 Å². The molecule has 1 aromatic heterocycles. The maximum Gasteiger partial charge on any atom is 0.410 e. The predicted octanol–water partition coefficient (Wildman–Crippen LogP) is 3.09. The summed E-state index contributed by atoms with van der Waals surface area (Å²) in [5.41, 5.74) is 0.403. The molecule has 1 fully saturated rings. The lowest BCUT2D eigenvalue weighted by molar-refractivity contribution is 0.0177. The summed E-state index contributed by atoms with van der Waals surface area (Å²) in [5, 5.41) is 17.4. The standard InChI is InChI=1S/C18H22FN5O2/c1-18(2,3)26-17(25)23-8-6-12(7-9-23)11-24-16-13(10-20)14(19)4-5-15(16)21-22-24/h4-5,12H,6-9,11H2,1-3H3. The van der Waals surface area contributed by atoms with Gasteiger partial charge in [-0.2, -0.15) is 5.26 Å². The van der Waals surface area contributed by atoms with Crippen LogP contribution < -0.4 is 0 Å². The molecular weight excluding hydrogens is 337 g/mol. The van der Waals surface area contributed by atoms with Crippen molar-refractivity contribution in [3.05, 3.63) is 23.5 Å². The van der Waals surface area contributed by atoms with Gasteiger partial charge in [0.15, 0.2) is 0 Å². The van der Waals surface area contributed by atoms with Crippen LogP contribution in [0.2, 0.25) is 0 Å². The molecule has 26 heavy (non-hydrogen) atoms. The number of benzene rings is 1. The molecule has 0 radical (unpaired) electrons. The molecule has 8 heteroatoms. The van der Waals surface area contributed by atoms with E-state index in [1.165, 1.54) is 12.1 Å². The number of halogens is 1. The van der Waals surface area contributed by atoms with Crippen LogP contribution in [0.25, 0.3) is 11.0 Å². The SMILES string of the molecule is CC(C)(C)OC(=O)N1CCC(Cn2nnc3ccc(F)c(C#N)c32)CC1. The number of hydrogen-bond acceptors (Lipinski definition) is 5. The van der Waals surface area contributed by atoms with Crippen LogP contribution in [0.1, 0.15) is 39.2 Å². The highest BCUT2D eigenvalue weighted by molar-refractivity contribution is 5.81. The average Bonchev–Trinajstić information content (AvgIpc) is 2.97. The molecule has 1 aliphatic rings. The number of hydrogen-bond donors (Lipinski definition) is 0. The lowest BCUT2D eigenvalue weighted by atomic mass is 9.97. The van der Waals surface area contributed by atoms with Crippen LogP contribution in [-0.2, 0) is 11.3 Å². The molecule has 0 atom stereocenters. The van der Waals surface area contributed by atoms with Crippen molar-refractivity contribution >= 4 is 17.1 Å². The molecule has 1 aliphatic heterocycles. The van der Waals surface area contributed by atoms with Gasteiger partial charge in [-0.05, 0) is 51.7 Å². The first-order valence-corrected chi connectivity index (χ1v) is 8.68. The van der Waals surface area contributed by atoms with Crippen molar-refractivity contribution in [3.8, 4) is 6.07 Å². The molecular formula is C18H22FN5O2. The summed E-state index contributed by atoms with van der Waals surface area (Å²) in [7, 11) is 0. The van der Waals surface area contributed by atoms with Gasteiger partial charge < -0.3 is 9.64 Å². The number of rotatable bonds is 2. The lowest BCUT2D eigenvalue weighted by Crippen LogP contribution is -2.42. The third-order valence-electron chi connectivity index (χ3n) is 4.43. The summed E-state index contributed by atoms with van der Waals surface area (Å²) >= 11 is 0. The molecule has 0 bridgehead atoms. The summed E-state index contributed by atoms with van der Waals surface area (Å²) in [6.07, 6.45) is 1.28. The van der Waals surface area contributed by atoms with Crippen LogP contribution in [0.15, 0.2) is 12.1 Å². The monoisotopic (exact) mass is 359 g/mol. The molecule has 2 heterocycles. The number of carbonyl (C=O) groups excluding carboxylic acids is 1. The zero-order chi connectivity index (χ0) is 18.9. The Hall–Kier alpha value is -2.69. The third kappa shape index (κ3) is 3.77. The second-order valence-electron chi connectivity index (χ2n) is 7.58. The van der Waals surface area contributed by atoms with Gasteiger partial charge in [0.25, 0.3) is 0 Å². The number of fused-ring (bicyclic) bond motifs is 1. The van der Waals surface area contributed by atoms with Gasteiger partial charge in [-0.3, -0.25) is 0 Å². The normalized spacial score (nSPS) is 15.9. The third-order valence-corrected chi connectivity index (χ3v) is 4.43. The Morgan fingerprint density at radius 1 is 1.38 bits per heavy atom. The Kier molecular flexibility index (Phi) is 4.81. The van der Waals surface area contributed by atoms with Crippen LogP contribution in [-0.4, -0.2) is 44.7 Å². The van der Waals surface area contributed by atoms with Crippen molar-refractivity contribution < 1.29 is 13.9 Å². The van der Waals surface area contributed by atoms with Gasteiger partial charge in [-0.25, -0.2) is 13.9 Å². The van der Waals surface area contributed by atoms with Crippen molar-refractivity contribution in [3.63, 3.8) is 0 Å². The highest BCUT2D eigenvalue weighted by Crippen LogP contribution is 2.24. The number of ether oxygens (including phenoxy) is 1. The van der Waals surface area contributed by atoms with Gasteiger partial charge >= 0.3 is 6.09 Å². The minimum absolute atomic E-state index is 0.0290. The van der Waals surface area contributed by atoms with Crippen LogP contribution in [0, 0.1) is 23.1 Å². The first-order valence-electron chi connectivity index (χ1n) is 8.68. The fourth-order valence-electron chi connectivity index (χ4n) is 3.15. The smallest absolute Gasteiger partial charge is 0.410 e. The molecule has 3 rings (SSSR count). The van der Waals surface area contributed by atoms with Gasteiger partial charge in [0, 0.05) is 19.6 Å². The molecule has 1 aromatic carbocycles. The summed E-state index contributed by atoms with van der Waals surface area (Å²) < 4.78 is 20.9. The summed E-state index contributed by atoms with van der Waals surface area (Å²) in [4.78, 5) is 13.8. The van der Waals surface area contributed by atoms with E-state index in [9.17, 15) is 14.4 Å². The number of aromatic nitrogens is 3. The maximum atomic E-state index is 13.9. The molecule has 2 aromatic rings. The Bertz CT molecular complexity index is 857. The van der Waals surface area contributed by atoms with Gasteiger partial charge in [-0.15, -0.1) is 5.10 Å². The van der Waals surface area contributed by atoms with Crippen LogP contribution >= 0.6 is 0 Å². The minimum Gasteiger partial charge on any atom is -0.444 e. The highest BCUT2D eigenvalue weighted by Gasteiger charge is 2.27. The van der Waals surface area contributed by atoms with Crippen LogP contribution in [0.3, 0.4) is 0 Å². The van der Waals surface area contributed by atoms with E-state index in [0.29, 0.717) is 30.7 Å². The molecule has 7 nitrogen and oxygen atoms in total. The van der Waals surface area contributed by atoms with Crippen molar-refractivity contribution in [1.29, 1.82) is 5.26 Å². The largest absolute Gasteiger partial charge is 0.444 e. The zero-order valence-electron chi connectivity index (χ0n) is 15.2. The lowest BCUT2D eigenvalue weighted by Gasteiger charge is -2.33. The molecule has 1 amide bonds. The minimum atomic E-state index is -0.566. The Morgan fingerprint density at radius 3 is 2.69 bits per heavy atom. The Balaban J connectivity index is 1.67. The fraction of sp³-hybridized carbons (Fsp3) is 0.556. The molecule has 0 saturated carbocycles. The highest BCUT2D eigenvalue weighted by atomic mass is 19.1. The van der Waals surface area contributed by atoms with Crippen molar-refractivity contribution in [2.45, 2.75) is 45.8 Å². The zero-order valence-corrected chi connectivity index (χ0v) is 15.2. The molecule has 0 unspecified atom stereocenters. The maximum absolute atomic E-state index is 13.9. The Morgan fingerprint density at radius 2 is 2.08 bits per heavy atom. The first kappa shape index (κ1) is 18.1. The number of amides is 1. The first-order chi connectivity index (χ1) is 12.3. The van der Waals surface area contributed by atoms with Gasteiger partial charge in [-0.1, -0.05) is 5.21 Å². The summed E-state index contributed by atoms with van der Waals surface area (Å²) in [5.74, 6) is -0.295. The van der Waals surface area contributed by atoms with E-state index in [1.807, 2.05) is 26.8 Å². The van der Waals surface area contributed by atoms with E-state index >= 15 is 0 Å². The van der Waals surface area contributed by atoms with E-state index in [2.05, 4.69) is 10.3 Å². The van der Waals surface area contributed by atoms with E-state index in [-0.39, 0.29) is 17.6 Å². The van der Waals surface area contributed by atoms with Gasteiger partial charge in [0.05, 0.1) is 0 Å². The van der Waals surface area contributed by atoms with E-state index in [0.717, 1.165) is 12.8 Å². The number of nitriles is 1. The van der Waals surface area contributed by atoms with E-state index in [1.54, 1.807) is 9.58 Å². The average molecular weight is 359 g/mol. The molecule has 138 valence electrons. The van der Waals surface area contributed by atoms with Crippen LogP contribution in [0.5, 0.6) is 0 Å². The quantitative estimate of drug-likeness (QED) is 0.823. The summed E-state index contributed by atoms with van der Waals surface area (Å²) in [6.45, 7) is 7.28. The number of carbonyl (C=O) groups is 1. The second-order valence-corrected chi connectivity index (χ2v) is 7.58. The molecule has 0 spiro atoms. The van der Waals surface area contributed by atoms with Crippen molar-refractivity contribution in [1.82, 2.24) is 19.9 Å². The summed E-state index contributed by atoms with van der Waals surface area (Å²) in [6, 6.07) is 4.66. The van der Waals surface area contributed by atoms with Crippen molar-refractivity contribution in [2.75, 3.05) is 13.1 Å². The molecule has 0 aliphatic carbocycles. The number of piperidine rings is 1. The predicted molar refractivity (Wildman–Crippen MR) is 92.7 cm³/mol. The molecule has 1 saturated heterocycles. The van der Waals surface area contributed by atoms with Gasteiger partial charge in [0.2, 0.25) is 0 Å². The van der Waals surface area contributed by atoms with E-state index < -0.39 is 11.4 Å². The fourth-order valence-corrected chi connectivity index (χ4v) is 3.15. The molecule has 0 N–H and O–H groups in total. The second kappa shape index (κ2) is 6.90. The van der Waals surface area contributed by atoms with Crippen molar-refractivity contribution in [2.24, 2.45) is 5.92 Å².